The number of unbranched alkanes of at least 4 members (excludes halogenated alkanes) is 1. The van der Waals surface area contributed by atoms with Gasteiger partial charge in [0.1, 0.15) is 0 Å². The van der Waals surface area contributed by atoms with E-state index in [0.29, 0.717) is 11.0 Å². The number of benzene rings is 1. The number of thioether (sulfide) groups is 1. The van der Waals surface area contributed by atoms with Crippen LogP contribution in [-0.2, 0) is 16.6 Å². The number of amides is 1. The third-order valence-electron chi connectivity index (χ3n) is 3.72. The van der Waals surface area contributed by atoms with Crippen molar-refractivity contribution in [3.8, 4) is 0 Å². The zero-order chi connectivity index (χ0) is 18.4. The Morgan fingerprint density at radius 3 is 2.48 bits per heavy atom. The molecule has 1 amide bonds. The number of nitrogens with zero attached hydrogens (tertiary/aromatic N) is 3. The lowest BCUT2D eigenvalue weighted by Crippen LogP contribution is -2.24. The molecule has 1 aromatic carbocycles. The van der Waals surface area contributed by atoms with Crippen molar-refractivity contribution in [3.05, 3.63) is 35.7 Å². The number of nitrogen functional groups attached to an aromatic ring is 1. The van der Waals surface area contributed by atoms with Gasteiger partial charge in [-0.25, -0.2) is 4.68 Å². The van der Waals surface area contributed by atoms with Crippen molar-refractivity contribution in [3.63, 3.8) is 0 Å². The van der Waals surface area contributed by atoms with Crippen LogP contribution in [0.3, 0.4) is 0 Å². The molecule has 0 fully saturated rings. The molecular weight excluding hydrogens is 334 g/mol. The zero-order valence-electron chi connectivity index (χ0n) is 15.4. The summed E-state index contributed by atoms with van der Waals surface area (Å²) in [5, 5.41) is 11.6. The van der Waals surface area contributed by atoms with Crippen LogP contribution in [0.25, 0.3) is 0 Å². The number of aromatic nitrogens is 3. The molecule has 0 spiro atoms. The minimum Gasteiger partial charge on any atom is -0.336 e. The van der Waals surface area contributed by atoms with Crippen LogP contribution in [0.4, 0.5) is 5.69 Å². The fraction of sp³-hybridized carbons (Fsp3) is 0.500. The number of rotatable bonds is 7. The zero-order valence-corrected chi connectivity index (χ0v) is 16.2. The van der Waals surface area contributed by atoms with Crippen LogP contribution in [0.1, 0.15) is 51.9 Å². The van der Waals surface area contributed by atoms with Crippen molar-refractivity contribution in [2.75, 3.05) is 16.9 Å². The lowest BCUT2D eigenvalue weighted by molar-refractivity contribution is -0.113. The molecule has 7 heteroatoms. The standard InChI is InChI=1S/C18H27N5OS/c1-5-6-7-13-8-10-14(11-9-13)20-15(24)12-25-17-22-21-16(23(17)19)18(2,3)4/h8-11H,5-7,12,19H2,1-4H3,(H,20,24). The first-order chi connectivity index (χ1) is 11.8. The van der Waals surface area contributed by atoms with Gasteiger partial charge in [-0.1, -0.05) is 58.0 Å². The molecule has 0 saturated carbocycles. The topological polar surface area (TPSA) is 85.8 Å². The van der Waals surface area contributed by atoms with Gasteiger partial charge in [-0.2, -0.15) is 0 Å². The molecule has 1 heterocycles. The third-order valence-corrected chi connectivity index (χ3v) is 4.67. The fourth-order valence-electron chi connectivity index (χ4n) is 2.35. The first kappa shape index (κ1) is 19.3. The van der Waals surface area contributed by atoms with Crippen LogP contribution in [0.15, 0.2) is 29.4 Å². The average Bonchev–Trinajstić information content (AvgIpc) is 2.93. The van der Waals surface area contributed by atoms with Crippen LogP contribution >= 0.6 is 11.8 Å². The van der Waals surface area contributed by atoms with Gasteiger partial charge in [-0.15, -0.1) is 10.2 Å². The Kier molecular flexibility index (Phi) is 6.47. The number of anilines is 1. The highest BCUT2D eigenvalue weighted by molar-refractivity contribution is 7.99. The van der Waals surface area contributed by atoms with E-state index in [-0.39, 0.29) is 17.1 Å². The Bertz CT molecular complexity index is 703. The third kappa shape index (κ3) is 5.49. The Labute approximate surface area is 153 Å². The second-order valence-corrected chi connectivity index (χ2v) is 8.01. The van der Waals surface area contributed by atoms with E-state index < -0.39 is 0 Å². The molecule has 0 atom stereocenters. The molecule has 2 aromatic rings. The maximum absolute atomic E-state index is 12.1. The van der Waals surface area contributed by atoms with Gasteiger partial charge < -0.3 is 11.2 Å². The summed E-state index contributed by atoms with van der Waals surface area (Å²) < 4.78 is 1.46. The van der Waals surface area contributed by atoms with E-state index in [4.69, 9.17) is 5.84 Å². The Balaban J connectivity index is 1.88. The van der Waals surface area contributed by atoms with Gasteiger partial charge in [0.15, 0.2) is 5.82 Å². The average molecular weight is 362 g/mol. The second kappa shape index (κ2) is 8.38. The van der Waals surface area contributed by atoms with Gasteiger partial charge in [-0.3, -0.25) is 4.79 Å². The van der Waals surface area contributed by atoms with Gasteiger partial charge in [0.2, 0.25) is 11.1 Å². The molecule has 136 valence electrons. The Morgan fingerprint density at radius 2 is 1.92 bits per heavy atom. The summed E-state index contributed by atoms with van der Waals surface area (Å²) in [6, 6.07) is 8.00. The normalized spacial score (nSPS) is 11.5. The maximum atomic E-state index is 12.1. The lowest BCUT2D eigenvalue weighted by Gasteiger charge is -2.16. The summed E-state index contributed by atoms with van der Waals surface area (Å²) >= 11 is 1.28. The number of carbonyl (C=O) groups is 1. The quantitative estimate of drug-likeness (QED) is 0.583. The Morgan fingerprint density at radius 1 is 1.24 bits per heavy atom. The molecule has 0 aliphatic carbocycles. The maximum Gasteiger partial charge on any atom is 0.234 e. The summed E-state index contributed by atoms with van der Waals surface area (Å²) in [5.74, 6) is 6.86. The van der Waals surface area contributed by atoms with Gasteiger partial charge in [0, 0.05) is 11.1 Å². The monoisotopic (exact) mass is 361 g/mol. The van der Waals surface area contributed by atoms with E-state index in [9.17, 15) is 4.79 Å². The molecule has 0 unspecified atom stereocenters. The first-order valence-corrected chi connectivity index (χ1v) is 9.52. The van der Waals surface area contributed by atoms with Crippen LogP contribution < -0.4 is 11.2 Å². The molecule has 2 rings (SSSR count). The largest absolute Gasteiger partial charge is 0.336 e. The predicted molar refractivity (Wildman–Crippen MR) is 103 cm³/mol. The lowest BCUT2D eigenvalue weighted by atomic mass is 9.96. The number of aryl methyl sites for hydroxylation is 1. The predicted octanol–water partition coefficient (Wildman–Crippen LogP) is 3.36. The molecule has 1 aromatic heterocycles. The van der Waals surface area contributed by atoms with Crippen molar-refractivity contribution in [1.29, 1.82) is 0 Å². The molecular formula is C18H27N5OS. The van der Waals surface area contributed by atoms with Crippen LogP contribution in [0.5, 0.6) is 0 Å². The summed E-state index contributed by atoms with van der Waals surface area (Å²) in [5.41, 5.74) is 1.90. The number of carbonyl (C=O) groups excluding carboxylic acids is 1. The smallest absolute Gasteiger partial charge is 0.234 e. The van der Waals surface area contributed by atoms with E-state index in [2.05, 4.69) is 34.6 Å². The van der Waals surface area contributed by atoms with Gasteiger partial charge >= 0.3 is 0 Å². The fourth-order valence-corrected chi connectivity index (χ4v) is 3.01. The first-order valence-electron chi connectivity index (χ1n) is 8.54. The van der Waals surface area contributed by atoms with E-state index >= 15 is 0 Å². The van der Waals surface area contributed by atoms with Gasteiger partial charge in [0.25, 0.3) is 0 Å². The second-order valence-electron chi connectivity index (χ2n) is 7.06. The van der Waals surface area contributed by atoms with Crippen molar-refractivity contribution in [1.82, 2.24) is 14.9 Å². The SMILES string of the molecule is CCCCc1ccc(NC(=O)CSc2nnc(C(C)(C)C)n2N)cc1. The van der Waals surface area contributed by atoms with E-state index in [0.717, 1.165) is 12.1 Å². The highest BCUT2D eigenvalue weighted by atomic mass is 32.2. The molecule has 0 aliphatic heterocycles. The minimum absolute atomic E-state index is 0.0911. The number of nitrogens with two attached hydrogens (primary N) is 1. The van der Waals surface area contributed by atoms with Crippen molar-refractivity contribution < 1.29 is 4.79 Å². The van der Waals surface area contributed by atoms with Crippen LogP contribution in [0, 0.1) is 0 Å². The summed E-state index contributed by atoms with van der Waals surface area (Å²) in [6.45, 7) is 8.24. The molecule has 0 radical (unpaired) electrons. The summed E-state index contributed by atoms with van der Waals surface area (Å²) in [6.07, 6.45) is 3.43. The van der Waals surface area contributed by atoms with E-state index in [1.54, 1.807) is 0 Å². The highest BCUT2D eigenvalue weighted by Gasteiger charge is 2.23. The molecule has 3 N–H and O–H groups in total. The van der Waals surface area contributed by atoms with Crippen LogP contribution in [-0.4, -0.2) is 26.5 Å². The summed E-state index contributed by atoms with van der Waals surface area (Å²) in [7, 11) is 0. The Hall–Kier alpha value is -2.02. The minimum atomic E-state index is -0.192. The van der Waals surface area contributed by atoms with Crippen molar-refractivity contribution >= 4 is 23.4 Å². The van der Waals surface area contributed by atoms with E-state index in [1.807, 2.05) is 32.9 Å². The van der Waals surface area contributed by atoms with E-state index in [1.165, 1.54) is 34.8 Å². The van der Waals surface area contributed by atoms with Gasteiger partial charge in [-0.05, 0) is 30.5 Å². The van der Waals surface area contributed by atoms with Gasteiger partial charge in [0.05, 0.1) is 5.75 Å². The number of hydrogen-bond acceptors (Lipinski definition) is 5. The molecule has 0 saturated heterocycles. The molecule has 0 bridgehead atoms. The molecule has 25 heavy (non-hydrogen) atoms. The summed E-state index contributed by atoms with van der Waals surface area (Å²) in [4.78, 5) is 12.1. The van der Waals surface area contributed by atoms with Crippen molar-refractivity contribution in [2.45, 2.75) is 57.5 Å². The van der Waals surface area contributed by atoms with Crippen LogP contribution in [0.2, 0.25) is 0 Å². The highest BCUT2D eigenvalue weighted by Crippen LogP contribution is 2.23. The molecule has 0 aliphatic rings. The number of nitrogens with one attached hydrogen (secondary N) is 1. The van der Waals surface area contributed by atoms with Crippen molar-refractivity contribution in [2.24, 2.45) is 0 Å². The number of hydrogen-bond donors (Lipinski definition) is 2. The molecule has 6 nitrogen and oxygen atoms in total.